The molecule has 0 saturated heterocycles. The second kappa shape index (κ2) is 4.74. The Hall–Kier alpha value is -1.34. The largest absolute Gasteiger partial charge is 0.478 e. The van der Waals surface area contributed by atoms with Crippen molar-refractivity contribution in [3.05, 3.63) is 39.7 Å². The van der Waals surface area contributed by atoms with E-state index in [0.29, 0.717) is 10.2 Å². The van der Waals surface area contributed by atoms with Crippen LogP contribution in [-0.2, 0) is 9.84 Å². The van der Waals surface area contributed by atoms with Crippen molar-refractivity contribution >= 4 is 37.4 Å². The van der Waals surface area contributed by atoms with Crippen molar-refractivity contribution < 1.29 is 18.3 Å². The number of hydrogen-bond acceptors (Lipinski definition) is 4. The van der Waals surface area contributed by atoms with Crippen molar-refractivity contribution in [3.8, 4) is 0 Å². The molecule has 1 atom stereocenters. The van der Waals surface area contributed by atoms with E-state index in [0.717, 1.165) is 0 Å². The molecule has 0 bridgehead atoms. The average molecular weight is 332 g/mol. The third kappa shape index (κ3) is 3.11. The molecule has 2 N–H and O–H groups in total. The van der Waals surface area contributed by atoms with Gasteiger partial charge in [0.25, 0.3) is 0 Å². The monoisotopic (exact) mass is 331 g/mol. The summed E-state index contributed by atoms with van der Waals surface area (Å²) in [7, 11) is -3.12. The van der Waals surface area contributed by atoms with E-state index in [9.17, 15) is 13.2 Å². The molecule has 0 amide bonds. The zero-order valence-corrected chi connectivity index (χ0v) is 11.5. The van der Waals surface area contributed by atoms with Gasteiger partial charge >= 0.3 is 5.97 Å². The van der Waals surface area contributed by atoms with E-state index >= 15 is 0 Å². The van der Waals surface area contributed by atoms with Crippen molar-refractivity contribution in [2.45, 2.75) is 6.04 Å². The van der Waals surface area contributed by atoms with E-state index < -0.39 is 15.8 Å². The Morgan fingerprint density at radius 3 is 2.67 bits per heavy atom. The lowest BCUT2D eigenvalue weighted by Crippen LogP contribution is -2.21. The minimum absolute atomic E-state index is 0.0120. The Balaban J connectivity index is 2.20. The molecular weight excluding hydrogens is 322 g/mol. The van der Waals surface area contributed by atoms with E-state index in [4.69, 9.17) is 5.11 Å². The fourth-order valence-corrected chi connectivity index (χ4v) is 3.40. The number of anilines is 1. The first kappa shape index (κ1) is 13.1. The van der Waals surface area contributed by atoms with Gasteiger partial charge in [-0.05, 0) is 18.2 Å². The van der Waals surface area contributed by atoms with E-state index in [1.54, 1.807) is 12.1 Å². The van der Waals surface area contributed by atoms with Crippen molar-refractivity contribution in [1.82, 2.24) is 0 Å². The maximum absolute atomic E-state index is 11.2. The highest BCUT2D eigenvalue weighted by Gasteiger charge is 2.21. The Bertz CT molecular complexity index is 624. The van der Waals surface area contributed by atoms with Gasteiger partial charge in [-0.1, -0.05) is 22.0 Å². The summed E-state index contributed by atoms with van der Waals surface area (Å²) >= 11 is 3.21. The molecule has 1 heterocycles. The van der Waals surface area contributed by atoms with Gasteiger partial charge < -0.3 is 10.4 Å². The van der Waals surface area contributed by atoms with Crippen molar-refractivity contribution in [2.75, 3.05) is 11.1 Å². The number of sulfone groups is 1. The van der Waals surface area contributed by atoms with Crippen LogP contribution in [-0.4, -0.2) is 31.3 Å². The minimum atomic E-state index is -3.12. The maximum Gasteiger partial charge on any atom is 0.335 e. The van der Waals surface area contributed by atoms with Gasteiger partial charge in [0, 0.05) is 15.6 Å². The maximum atomic E-state index is 11.2. The number of halogens is 1. The number of hydrogen-bond donors (Lipinski definition) is 2. The van der Waals surface area contributed by atoms with Gasteiger partial charge in [0.1, 0.15) is 0 Å². The number of benzene rings is 1. The normalized spacial score (nSPS) is 20.8. The smallest absolute Gasteiger partial charge is 0.335 e. The van der Waals surface area contributed by atoms with Crippen LogP contribution < -0.4 is 5.32 Å². The molecule has 0 fully saturated rings. The Morgan fingerprint density at radius 2 is 2.11 bits per heavy atom. The molecule has 1 unspecified atom stereocenters. The van der Waals surface area contributed by atoms with Gasteiger partial charge in [-0.3, -0.25) is 0 Å². The molecule has 0 aromatic heterocycles. The first-order chi connectivity index (χ1) is 8.35. The average Bonchev–Trinajstić information content (AvgIpc) is 2.57. The number of rotatable bonds is 3. The van der Waals surface area contributed by atoms with Crippen LogP contribution >= 0.6 is 15.9 Å². The van der Waals surface area contributed by atoms with Crippen molar-refractivity contribution in [1.29, 1.82) is 0 Å². The lowest BCUT2D eigenvalue weighted by atomic mass is 10.2. The summed E-state index contributed by atoms with van der Waals surface area (Å²) in [6.45, 7) is 0. The topological polar surface area (TPSA) is 83.5 Å². The summed E-state index contributed by atoms with van der Waals surface area (Å²) in [5, 5.41) is 13.1. The van der Waals surface area contributed by atoms with Crippen LogP contribution in [0.1, 0.15) is 10.4 Å². The zero-order valence-electron chi connectivity index (χ0n) is 9.13. The summed E-state index contributed by atoms with van der Waals surface area (Å²) in [5.41, 5.74) is 0.699. The second-order valence-electron chi connectivity index (χ2n) is 3.94. The van der Waals surface area contributed by atoms with Gasteiger partial charge in [0.2, 0.25) is 0 Å². The van der Waals surface area contributed by atoms with Gasteiger partial charge in [-0.25, -0.2) is 13.2 Å². The fourth-order valence-electron chi connectivity index (χ4n) is 1.68. The highest BCUT2D eigenvalue weighted by atomic mass is 79.9. The number of carbonyl (C=O) groups is 1. The van der Waals surface area contributed by atoms with Crippen molar-refractivity contribution in [3.63, 3.8) is 0 Å². The molecule has 2 rings (SSSR count). The molecule has 96 valence electrons. The first-order valence-electron chi connectivity index (χ1n) is 5.07. The molecular formula is C11H10BrNO4S. The predicted octanol–water partition coefficient (Wildman–Crippen LogP) is 1.87. The van der Waals surface area contributed by atoms with Crippen LogP contribution in [0.2, 0.25) is 0 Å². The highest BCUT2D eigenvalue weighted by Crippen LogP contribution is 2.22. The standard InChI is InChI=1S/C11H10BrNO4S/c12-8-3-7(11(14)15)4-10(5-8)13-9-1-2-18(16,17)6-9/h1-5,9,13H,6H2,(H,14,15). The van der Waals surface area contributed by atoms with E-state index in [-0.39, 0.29) is 17.4 Å². The van der Waals surface area contributed by atoms with Crippen molar-refractivity contribution in [2.24, 2.45) is 0 Å². The molecule has 5 nitrogen and oxygen atoms in total. The molecule has 0 spiro atoms. The number of carboxylic acids is 1. The number of nitrogens with one attached hydrogen (secondary N) is 1. The zero-order chi connectivity index (χ0) is 13.3. The lowest BCUT2D eigenvalue weighted by molar-refractivity contribution is 0.0697. The van der Waals surface area contributed by atoms with E-state index in [2.05, 4.69) is 21.2 Å². The molecule has 7 heteroatoms. The van der Waals surface area contributed by atoms with Crippen LogP contribution in [0.4, 0.5) is 5.69 Å². The van der Waals surface area contributed by atoms with E-state index in [1.807, 2.05) is 0 Å². The third-order valence-corrected chi connectivity index (χ3v) is 4.28. The minimum Gasteiger partial charge on any atom is -0.478 e. The molecule has 1 aliphatic rings. The SMILES string of the molecule is O=C(O)c1cc(Br)cc(NC2C=CS(=O)(=O)C2)c1. The van der Waals surface area contributed by atoms with Crippen LogP contribution in [0.5, 0.6) is 0 Å². The third-order valence-electron chi connectivity index (χ3n) is 2.43. The summed E-state index contributed by atoms with van der Waals surface area (Å²) in [5.74, 6) is -1.05. The fraction of sp³-hybridized carbons (Fsp3) is 0.182. The Morgan fingerprint density at radius 1 is 1.39 bits per heavy atom. The van der Waals surface area contributed by atoms with Gasteiger partial charge in [-0.15, -0.1) is 0 Å². The molecule has 1 aromatic rings. The predicted molar refractivity (Wildman–Crippen MR) is 71.4 cm³/mol. The molecule has 18 heavy (non-hydrogen) atoms. The molecule has 1 aromatic carbocycles. The van der Waals surface area contributed by atoms with Crippen LogP contribution in [0.25, 0.3) is 0 Å². The summed E-state index contributed by atoms with van der Waals surface area (Å²) < 4.78 is 23.1. The molecule has 0 aliphatic carbocycles. The summed E-state index contributed by atoms with van der Waals surface area (Å²) in [4.78, 5) is 10.9. The molecule has 0 radical (unpaired) electrons. The quantitative estimate of drug-likeness (QED) is 0.883. The first-order valence-corrected chi connectivity index (χ1v) is 7.58. The number of carboxylic acid groups (broad SMARTS) is 1. The summed E-state index contributed by atoms with van der Waals surface area (Å²) in [6, 6.07) is 4.32. The van der Waals surface area contributed by atoms with Gasteiger partial charge in [0.05, 0.1) is 17.4 Å². The van der Waals surface area contributed by atoms with E-state index in [1.165, 1.54) is 17.5 Å². The van der Waals surface area contributed by atoms with Gasteiger partial charge in [-0.2, -0.15) is 0 Å². The molecule has 0 saturated carbocycles. The highest BCUT2D eigenvalue weighted by molar-refractivity contribution is 9.10. The second-order valence-corrected chi connectivity index (χ2v) is 6.79. The lowest BCUT2D eigenvalue weighted by Gasteiger charge is -2.12. The number of aromatic carboxylic acids is 1. The van der Waals surface area contributed by atoms with Crippen LogP contribution in [0.3, 0.4) is 0 Å². The Labute approximate surface area is 113 Å². The van der Waals surface area contributed by atoms with Crippen LogP contribution in [0, 0.1) is 0 Å². The Kier molecular flexibility index (Phi) is 3.45. The van der Waals surface area contributed by atoms with Crippen LogP contribution in [0.15, 0.2) is 34.2 Å². The van der Waals surface area contributed by atoms with Gasteiger partial charge in [0.15, 0.2) is 9.84 Å². The molecule has 1 aliphatic heterocycles. The summed E-state index contributed by atoms with van der Waals surface area (Å²) in [6.07, 6.45) is 1.55.